The summed E-state index contributed by atoms with van der Waals surface area (Å²) in [6.07, 6.45) is 1.29. The van der Waals surface area contributed by atoms with Gasteiger partial charge in [0.2, 0.25) is 0 Å². The Bertz CT molecular complexity index is 732. The molecule has 23 heavy (non-hydrogen) atoms. The number of ether oxygens (including phenoxy) is 1. The first-order chi connectivity index (χ1) is 10.8. The van der Waals surface area contributed by atoms with E-state index >= 15 is 0 Å². The second kappa shape index (κ2) is 6.91. The topological polar surface area (TPSA) is 51.2 Å². The molecule has 122 valence electrons. The zero-order valence-electron chi connectivity index (χ0n) is 13.5. The zero-order valence-corrected chi connectivity index (χ0v) is 14.3. The van der Waals surface area contributed by atoms with Crippen LogP contribution in [0.15, 0.2) is 35.9 Å². The maximum absolute atomic E-state index is 13.5. The quantitative estimate of drug-likeness (QED) is 0.851. The number of benzene rings is 1. The average Bonchev–Trinajstić information content (AvgIpc) is 2.85. The molecule has 1 heterocycles. The number of hydrogen-bond donors (Lipinski definition) is 1. The molecule has 6 heteroatoms. The Hall–Kier alpha value is -2.21. The number of anilines is 1. The molecule has 1 aromatic heterocycles. The van der Waals surface area contributed by atoms with Gasteiger partial charge in [-0.15, -0.1) is 11.3 Å². The molecule has 0 spiro atoms. The van der Waals surface area contributed by atoms with Crippen molar-refractivity contribution < 1.29 is 13.9 Å². The lowest BCUT2D eigenvalue weighted by atomic mass is 10.0. The van der Waals surface area contributed by atoms with Gasteiger partial charge in [-0.1, -0.05) is 18.2 Å². The molecule has 1 N–H and O–H groups in total. The van der Waals surface area contributed by atoms with Gasteiger partial charge in [0.15, 0.2) is 5.82 Å². The largest absolute Gasteiger partial charge is 0.444 e. The highest BCUT2D eigenvalue weighted by atomic mass is 32.1. The summed E-state index contributed by atoms with van der Waals surface area (Å²) in [5.41, 5.74) is 2.57. The predicted molar refractivity (Wildman–Crippen MR) is 91.1 cm³/mol. The van der Waals surface area contributed by atoms with Crippen molar-refractivity contribution in [1.82, 2.24) is 4.98 Å². The Morgan fingerprint density at radius 1 is 1.39 bits per heavy atom. The van der Waals surface area contributed by atoms with Gasteiger partial charge in [-0.05, 0) is 51.0 Å². The molecule has 2 aromatic rings. The van der Waals surface area contributed by atoms with Crippen molar-refractivity contribution in [1.29, 1.82) is 0 Å². The molecule has 0 aliphatic carbocycles. The fraction of sp³-hybridized carbons (Fsp3) is 0.294. The molecular weight excluding hydrogens is 315 g/mol. The molecule has 0 unspecified atom stereocenters. The number of amides is 1. The van der Waals surface area contributed by atoms with E-state index in [0.29, 0.717) is 5.82 Å². The Labute approximate surface area is 139 Å². The highest BCUT2D eigenvalue weighted by Gasteiger charge is 2.20. The molecule has 0 radical (unpaired) electrons. The summed E-state index contributed by atoms with van der Waals surface area (Å²) in [5.74, 6) is 0.0922. The van der Waals surface area contributed by atoms with Gasteiger partial charge in [-0.25, -0.2) is 14.2 Å². The maximum atomic E-state index is 13.5. The van der Waals surface area contributed by atoms with Gasteiger partial charge in [0.1, 0.15) is 11.4 Å². The van der Waals surface area contributed by atoms with Gasteiger partial charge < -0.3 is 4.74 Å². The molecule has 1 amide bonds. The van der Waals surface area contributed by atoms with E-state index in [2.05, 4.69) is 10.3 Å². The second-order valence-corrected chi connectivity index (χ2v) is 6.72. The van der Waals surface area contributed by atoms with E-state index in [9.17, 15) is 9.18 Å². The minimum Gasteiger partial charge on any atom is -0.444 e. The normalized spacial score (nSPS) is 12.1. The molecular formula is C17H19FN2O2S. The van der Waals surface area contributed by atoms with Gasteiger partial charge >= 0.3 is 6.09 Å². The van der Waals surface area contributed by atoms with Crippen molar-refractivity contribution in [2.45, 2.75) is 33.3 Å². The van der Waals surface area contributed by atoms with E-state index < -0.39 is 11.7 Å². The number of allylic oxidation sites excluding steroid dienone is 1. The highest BCUT2D eigenvalue weighted by molar-refractivity contribution is 7.11. The molecule has 0 atom stereocenters. The molecule has 0 fully saturated rings. The number of nitrogens with one attached hydrogen (secondary N) is 1. The van der Waals surface area contributed by atoms with Crippen molar-refractivity contribution in [2.24, 2.45) is 0 Å². The summed E-state index contributed by atoms with van der Waals surface area (Å²) >= 11 is 1.37. The Balaban J connectivity index is 2.27. The predicted octanol–water partition coefficient (Wildman–Crippen LogP) is 5.08. The monoisotopic (exact) mass is 334 g/mol. The summed E-state index contributed by atoms with van der Waals surface area (Å²) in [5, 5.41) is 2.65. The van der Waals surface area contributed by atoms with Crippen molar-refractivity contribution in [3.8, 4) is 0 Å². The van der Waals surface area contributed by atoms with E-state index in [1.807, 2.05) is 19.1 Å². The Morgan fingerprint density at radius 2 is 2.13 bits per heavy atom. The van der Waals surface area contributed by atoms with Crippen LogP contribution in [-0.4, -0.2) is 16.7 Å². The van der Waals surface area contributed by atoms with Crippen LogP contribution in [0.1, 0.15) is 38.1 Å². The Kier molecular flexibility index (Phi) is 5.15. The van der Waals surface area contributed by atoms with E-state index in [1.165, 1.54) is 23.5 Å². The number of thiazole rings is 1. The summed E-state index contributed by atoms with van der Waals surface area (Å²) in [6, 6.07) is 6.31. The third-order valence-electron chi connectivity index (χ3n) is 2.86. The number of rotatable bonds is 3. The first-order valence-electron chi connectivity index (χ1n) is 7.16. The molecule has 0 bridgehead atoms. The lowest BCUT2D eigenvalue weighted by molar-refractivity contribution is 0.0635. The van der Waals surface area contributed by atoms with E-state index in [1.54, 1.807) is 32.3 Å². The number of halogens is 1. The third kappa shape index (κ3) is 4.63. The molecule has 0 aliphatic rings. The Morgan fingerprint density at radius 3 is 2.74 bits per heavy atom. The minimum atomic E-state index is -0.591. The fourth-order valence-electron chi connectivity index (χ4n) is 2.01. The molecule has 0 saturated heterocycles. The van der Waals surface area contributed by atoms with E-state index in [0.717, 1.165) is 16.0 Å². The van der Waals surface area contributed by atoms with E-state index in [-0.39, 0.29) is 5.82 Å². The summed E-state index contributed by atoms with van der Waals surface area (Å²) in [6.45, 7) is 7.23. The summed E-state index contributed by atoms with van der Waals surface area (Å²) in [4.78, 5) is 16.9. The molecule has 4 nitrogen and oxygen atoms in total. The van der Waals surface area contributed by atoms with Crippen LogP contribution in [0.2, 0.25) is 0 Å². The smallest absolute Gasteiger partial charge is 0.413 e. The molecule has 2 rings (SSSR count). The fourth-order valence-corrected chi connectivity index (χ4v) is 2.85. The zero-order chi connectivity index (χ0) is 17.0. The first-order valence-corrected chi connectivity index (χ1v) is 8.04. The van der Waals surface area contributed by atoms with E-state index in [4.69, 9.17) is 4.74 Å². The number of nitrogens with zero attached hydrogens (tertiary/aromatic N) is 1. The number of aromatic nitrogens is 1. The minimum absolute atomic E-state index is 0.312. The second-order valence-electron chi connectivity index (χ2n) is 5.87. The number of carbonyl (C=O) groups excluding carboxylic acids is 1. The standard InChI is InChI=1S/C17H19FN2O2S/c1-5-13(11-7-6-8-12(18)9-11)14-15(19-10-23-14)20-16(21)22-17(2,3)4/h5-10H,1-4H3,(H,20,21)/b13-5+. The average molecular weight is 334 g/mol. The van der Waals surface area contributed by atoms with Gasteiger partial charge in [0, 0.05) is 0 Å². The summed E-state index contributed by atoms with van der Waals surface area (Å²) < 4.78 is 18.7. The van der Waals surface area contributed by atoms with Crippen molar-refractivity contribution in [3.63, 3.8) is 0 Å². The van der Waals surface area contributed by atoms with Crippen molar-refractivity contribution in [2.75, 3.05) is 5.32 Å². The van der Waals surface area contributed by atoms with Crippen molar-refractivity contribution >= 4 is 28.8 Å². The van der Waals surface area contributed by atoms with Crippen LogP contribution in [0.5, 0.6) is 0 Å². The molecule has 1 aromatic carbocycles. The van der Waals surface area contributed by atoms with Crippen LogP contribution >= 0.6 is 11.3 Å². The van der Waals surface area contributed by atoms with Crippen molar-refractivity contribution in [3.05, 3.63) is 52.1 Å². The third-order valence-corrected chi connectivity index (χ3v) is 3.72. The number of carbonyl (C=O) groups is 1. The van der Waals surface area contributed by atoms with Crippen LogP contribution in [0, 0.1) is 5.82 Å². The lowest BCUT2D eigenvalue weighted by Gasteiger charge is -2.19. The van der Waals surface area contributed by atoms with Crippen LogP contribution in [0.25, 0.3) is 5.57 Å². The first kappa shape index (κ1) is 17.1. The van der Waals surface area contributed by atoms with Gasteiger partial charge in [0.05, 0.1) is 10.4 Å². The SMILES string of the molecule is C/C=C(\c1cccc(F)c1)c1scnc1NC(=O)OC(C)(C)C. The lowest BCUT2D eigenvalue weighted by Crippen LogP contribution is -2.27. The van der Waals surface area contributed by atoms with Crippen LogP contribution < -0.4 is 5.32 Å². The molecule has 0 aliphatic heterocycles. The van der Waals surface area contributed by atoms with Crippen LogP contribution in [0.3, 0.4) is 0 Å². The summed E-state index contributed by atoms with van der Waals surface area (Å²) in [7, 11) is 0. The van der Waals surface area contributed by atoms with Gasteiger partial charge in [-0.2, -0.15) is 0 Å². The molecule has 0 saturated carbocycles. The van der Waals surface area contributed by atoms with Crippen LogP contribution in [-0.2, 0) is 4.74 Å². The highest BCUT2D eigenvalue weighted by Crippen LogP contribution is 2.32. The number of hydrogen-bond acceptors (Lipinski definition) is 4. The van der Waals surface area contributed by atoms with Gasteiger partial charge in [0.25, 0.3) is 0 Å². The maximum Gasteiger partial charge on any atom is 0.413 e. The van der Waals surface area contributed by atoms with Crippen LogP contribution in [0.4, 0.5) is 15.0 Å². The van der Waals surface area contributed by atoms with Gasteiger partial charge in [-0.3, -0.25) is 5.32 Å².